The molecule has 1 aliphatic heterocycles. The fourth-order valence-corrected chi connectivity index (χ4v) is 2.46. The maximum absolute atomic E-state index is 5.95. The minimum absolute atomic E-state index is 0.125. The Morgan fingerprint density at radius 2 is 1.89 bits per heavy atom. The second-order valence-electron chi connectivity index (χ2n) is 5.55. The molecule has 1 aromatic carbocycles. The summed E-state index contributed by atoms with van der Waals surface area (Å²) in [4.78, 5) is 2.32. The number of benzene rings is 1. The molecule has 4 heteroatoms. The van der Waals surface area contributed by atoms with E-state index in [2.05, 4.69) is 18.7 Å². The monoisotopic (exact) mass is 264 g/mol. The van der Waals surface area contributed by atoms with E-state index >= 15 is 0 Å². The molecule has 0 saturated carbocycles. The molecule has 4 nitrogen and oxygen atoms in total. The van der Waals surface area contributed by atoms with Crippen LogP contribution in [0.4, 0.5) is 11.4 Å². The molecule has 1 saturated heterocycles. The van der Waals surface area contributed by atoms with Crippen molar-refractivity contribution < 1.29 is 9.47 Å². The summed E-state index contributed by atoms with van der Waals surface area (Å²) in [6.07, 6.45) is 0.617. The summed E-state index contributed by atoms with van der Waals surface area (Å²) in [7, 11) is 0. The van der Waals surface area contributed by atoms with Crippen LogP contribution in [0.15, 0.2) is 18.2 Å². The van der Waals surface area contributed by atoms with Gasteiger partial charge >= 0.3 is 0 Å². The lowest BCUT2D eigenvalue weighted by Crippen LogP contribution is -2.45. The molecule has 0 aromatic heterocycles. The van der Waals surface area contributed by atoms with Gasteiger partial charge in [0.05, 0.1) is 24.0 Å². The number of nitrogen functional groups attached to an aromatic ring is 1. The lowest BCUT2D eigenvalue weighted by atomic mass is 10.2. The Bertz CT molecular complexity index is 424. The first-order chi connectivity index (χ1) is 8.95. The van der Waals surface area contributed by atoms with Gasteiger partial charge in [-0.25, -0.2) is 0 Å². The predicted octanol–water partition coefficient (Wildman–Crippen LogP) is 2.67. The number of ether oxygens (including phenoxy) is 2. The summed E-state index contributed by atoms with van der Waals surface area (Å²) < 4.78 is 11.5. The van der Waals surface area contributed by atoms with E-state index in [-0.39, 0.29) is 18.3 Å². The third-order valence-corrected chi connectivity index (χ3v) is 3.14. The van der Waals surface area contributed by atoms with Crippen LogP contribution in [0.25, 0.3) is 0 Å². The second kappa shape index (κ2) is 5.70. The average Bonchev–Trinajstić information content (AvgIpc) is 2.30. The van der Waals surface area contributed by atoms with E-state index in [1.807, 2.05) is 32.0 Å². The van der Waals surface area contributed by atoms with E-state index in [1.54, 1.807) is 0 Å². The van der Waals surface area contributed by atoms with Crippen molar-refractivity contribution in [2.75, 3.05) is 23.7 Å². The Kier molecular flexibility index (Phi) is 4.20. The van der Waals surface area contributed by atoms with E-state index < -0.39 is 0 Å². The van der Waals surface area contributed by atoms with E-state index in [0.29, 0.717) is 5.69 Å². The molecule has 0 unspecified atom stereocenters. The Morgan fingerprint density at radius 3 is 2.47 bits per heavy atom. The summed E-state index contributed by atoms with van der Waals surface area (Å²) >= 11 is 0. The Morgan fingerprint density at radius 1 is 1.26 bits per heavy atom. The molecule has 1 aliphatic rings. The molecule has 1 aromatic rings. The van der Waals surface area contributed by atoms with Crippen molar-refractivity contribution in [3.8, 4) is 5.75 Å². The molecule has 0 amide bonds. The van der Waals surface area contributed by atoms with Gasteiger partial charge in [0.2, 0.25) is 0 Å². The maximum Gasteiger partial charge on any atom is 0.144 e. The topological polar surface area (TPSA) is 47.7 Å². The predicted molar refractivity (Wildman–Crippen MR) is 78.8 cm³/mol. The van der Waals surface area contributed by atoms with Gasteiger partial charge in [-0.2, -0.15) is 0 Å². The SMILES string of the molecule is CC(C)Oc1cc(N2C[C@@H](C)O[C@@H](C)C2)ccc1N. The van der Waals surface area contributed by atoms with Crippen molar-refractivity contribution >= 4 is 11.4 Å². The first-order valence-corrected chi connectivity index (χ1v) is 6.92. The van der Waals surface area contributed by atoms with Crippen molar-refractivity contribution in [2.45, 2.75) is 46.0 Å². The van der Waals surface area contributed by atoms with Gasteiger partial charge in [-0.05, 0) is 39.8 Å². The standard InChI is InChI=1S/C15H24N2O2/c1-10(2)18-15-7-13(5-6-14(15)16)17-8-11(3)19-12(4)9-17/h5-7,10-12H,8-9,16H2,1-4H3/t11-,12+. The minimum atomic E-state index is 0.125. The third kappa shape index (κ3) is 3.53. The summed E-state index contributed by atoms with van der Waals surface area (Å²) in [5.74, 6) is 0.763. The van der Waals surface area contributed by atoms with Gasteiger partial charge in [0.25, 0.3) is 0 Å². The van der Waals surface area contributed by atoms with E-state index in [4.69, 9.17) is 15.2 Å². The maximum atomic E-state index is 5.95. The zero-order valence-electron chi connectivity index (χ0n) is 12.2. The Labute approximate surface area is 115 Å². The molecule has 19 heavy (non-hydrogen) atoms. The molecule has 0 bridgehead atoms. The fraction of sp³-hybridized carbons (Fsp3) is 0.600. The highest BCUT2D eigenvalue weighted by Gasteiger charge is 2.22. The third-order valence-electron chi connectivity index (χ3n) is 3.14. The highest BCUT2D eigenvalue weighted by molar-refractivity contribution is 5.62. The van der Waals surface area contributed by atoms with Crippen LogP contribution in [0, 0.1) is 0 Å². The van der Waals surface area contributed by atoms with Gasteiger partial charge in [0.1, 0.15) is 5.75 Å². The van der Waals surface area contributed by atoms with E-state index in [9.17, 15) is 0 Å². The van der Waals surface area contributed by atoms with Crippen molar-refractivity contribution in [2.24, 2.45) is 0 Å². The normalized spacial score (nSPS) is 23.7. The van der Waals surface area contributed by atoms with Crippen LogP contribution < -0.4 is 15.4 Å². The highest BCUT2D eigenvalue weighted by Crippen LogP contribution is 2.30. The van der Waals surface area contributed by atoms with Gasteiger partial charge in [-0.3, -0.25) is 0 Å². The van der Waals surface area contributed by atoms with Crippen LogP contribution in [0.2, 0.25) is 0 Å². The van der Waals surface area contributed by atoms with E-state index in [0.717, 1.165) is 24.5 Å². The van der Waals surface area contributed by atoms with Crippen LogP contribution in [0.1, 0.15) is 27.7 Å². The van der Waals surface area contributed by atoms with Crippen LogP contribution in [-0.2, 0) is 4.74 Å². The highest BCUT2D eigenvalue weighted by atomic mass is 16.5. The molecule has 2 rings (SSSR count). The number of morpholine rings is 1. The number of rotatable bonds is 3. The Balaban J connectivity index is 2.20. The molecule has 0 aliphatic carbocycles. The molecule has 1 fully saturated rings. The van der Waals surface area contributed by atoms with Crippen molar-refractivity contribution in [1.29, 1.82) is 0 Å². The molecular weight excluding hydrogens is 240 g/mol. The minimum Gasteiger partial charge on any atom is -0.489 e. The number of nitrogens with two attached hydrogens (primary N) is 1. The first-order valence-electron chi connectivity index (χ1n) is 6.92. The quantitative estimate of drug-likeness (QED) is 0.853. The smallest absolute Gasteiger partial charge is 0.144 e. The lowest BCUT2D eigenvalue weighted by Gasteiger charge is -2.37. The summed E-state index contributed by atoms with van der Waals surface area (Å²) in [6.45, 7) is 10.0. The molecule has 1 heterocycles. The first kappa shape index (κ1) is 14.0. The van der Waals surface area contributed by atoms with Gasteiger partial charge in [0.15, 0.2) is 0 Å². The molecule has 0 radical (unpaired) electrons. The van der Waals surface area contributed by atoms with Crippen molar-refractivity contribution in [3.63, 3.8) is 0 Å². The number of hydrogen-bond acceptors (Lipinski definition) is 4. The Hall–Kier alpha value is -1.42. The summed E-state index contributed by atoms with van der Waals surface area (Å²) in [5, 5.41) is 0. The van der Waals surface area contributed by atoms with Gasteiger partial charge in [-0.15, -0.1) is 0 Å². The second-order valence-corrected chi connectivity index (χ2v) is 5.55. The number of hydrogen-bond donors (Lipinski definition) is 1. The largest absolute Gasteiger partial charge is 0.489 e. The van der Waals surface area contributed by atoms with Crippen LogP contribution in [0.3, 0.4) is 0 Å². The van der Waals surface area contributed by atoms with Crippen LogP contribution in [-0.4, -0.2) is 31.4 Å². The van der Waals surface area contributed by atoms with Crippen LogP contribution in [0.5, 0.6) is 5.75 Å². The zero-order chi connectivity index (χ0) is 14.0. The lowest BCUT2D eigenvalue weighted by molar-refractivity contribution is -0.00523. The fourth-order valence-electron chi connectivity index (χ4n) is 2.46. The average molecular weight is 264 g/mol. The van der Waals surface area contributed by atoms with Crippen molar-refractivity contribution in [3.05, 3.63) is 18.2 Å². The summed E-state index contributed by atoms with van der Waals surface area (Å²) in [5.41, 5.74) is 7.79. The zero-order valence-corrected chi connectivity index (χ0v) is 12.2. The van der Waals surface area contributed by atoms with Gasteiger partial charge in [-0.1, -0.05) is 0 Å². The molecule has 2 atom stereocenters. The van der Waals surface area contributed by atoms with E-state index in [1.165, 1.54) is 0 Å². The summed E-state index contributed by atoms with van der Waals surface area (Å²) in [6, 6.07) is 5.99. The van der Waals surface area contributed by atoms with Gasteiger partial charge in [0, 0.05) is 24.8 Å². The molecule has 2 N–H and O–H groups in total. The van der Waals surface area contributed by atoms with Gasteiger partial charge < -0.3 is 20.1 Å². The molecular formula is C15H24N2O2. The van der Waals surface area contributed by atoms with Crippen LogP contribution >= 0.6 is 0 Å². The molecule has 106 valence electrons. The van der Waals surface area contributed by atoms with Crippen molar-refractivity contribution in [1.82, 2.24) is 0 Å². The molecule has 0 spiro atoms. The number of nitrogens with zero attached hydrogens (tertiary/aromatic N) is 1. The number of anilines is 2.